The maximum Gasteiger partial charge on any atom is 0.126 e. The van der Waals surface area contributed by atoms with Crippen LogP contribution in [0.3, 0.4) is 0 Å². The standard InChI is InChI=1S/C19H16ClN3O2S/c1-10-4-13(17-15(5-10)22-11(8-21-17)9-24-2)19-23-18-14(20)6-12(25-3)7-16(18)26-19/h4-8H,9H2,1-3H3. The summed E-state index contributed by atoms with van der Waals surface area (Å²) >= 11 is 7.93. The molecule has 5 nitrogen and oxygen atoms in total. The Kier molecular flexibility index (Phi) is 4.48. The first-order valence-corrected chi connectivity index (χ1v) is 9.18. The van der Waals surface area contributed by atoms with Gasteiger partial charge in [-0.25, -0.2) is 9.97 Å². The molecule has 2 aromatic carbocycles. The molecule has 26 heavy (non-hydrogen) atoms. The number of hydrogen-bond donors (Lipinski definition) is 0. The van der Waals surface area contributed by atoms with Crippen molar-refractivity contribution >= 4 is 44.2 Å². The molecule has 4 rings (SSSR count). The van der Waals surface area contributed by atoms with Gasteiger partial charge in [0.1, 0.15) is 16.3 Å². The highest BCUT2D eigenvalue weighted by Gasteiger charge is 2.15. The predicted octanol–water partition coefficient (Wildman–Crippen LogP) is 5.02. The van der Waals surface area contributed by atoms with Gasteiger partial charge in [0, 0.05) is 18.7 Å². The highest BCUT2D eigenvalue weighted by Crippen LogP contribution is 2.38. The second-order valence-corrected chi connectivity index (χ2v) is 7.39. The summed E-state index contributed by atoms with van der Waals surface area (Å²) in [5.74, 6) is 0.718. The lowest BCUT2D eigenvalue weighted by Gasteiger charge is -2.06. The molecule has 0 radical (unpaired) electrons. The average Bonchev–Trinajstić information content (AvgIpc) is 3.05. The number of aryl methyl sites for hydroxylation is 1. The molecule has 0 bridgehead atoms. The van der Waals surface area contributed by atoms with Gasteiger partial charge in [-0.1, -0.05) is 11.6 Å². The van der Waals surface area contributed by atoms with Gasteiger partial charge in [0.2, 0.25) is 0 Å². The van der Waals surface area contributed by atoms with Crippen LogP contribution < -0.4 is 4.74 Å². The van der Waals surface area contributed by atoms with Crippen LogP contribution in [0.15, 0.2) is 30.5 Å². The summed E-state index contributed by atoms with van der Waals surface area (Å²) in [5.41, 5.74) is 5.27. The molecule has 0 saturated carbocycles. The largest absolute Gasteiger partial charge is 0.497 e. The van der Waals surface area contributed by atoms with Gasteiger partial charge in [-0.2, -0.15) is 0 Å². The minimum atomic E-state index is 0.433. The lowest BCUT2D eigenvalue weighted by Crippen LogP contribution is -1.96. The van der Waals surface area contributed by atoms with Crippen molar-refractivity contribution in [3.05, 3.63) is 46.7 Å². The topological polar surface area (TPSA) is 57.1 Å². The van der Waals surface area contributed by atoms with E-state index in [2.05, 4.69) is 16.0 Å². The zero-order valence-electron chi connectivity index (χ0n) is 14.5. The first-order valence-electron chi connectivity index (χ1n) is 7.98. The quantitative estimate of drug-likeness (QED) is 0.493. The number of rotatable bonds is 4. The van der Waals surface area contributed by atoms with E-state index in [1.807, 2.05) is 19.1 Å². The summed E-state index contributed by atoms with van der Waals surface area (Å²) in [5, 5.41) is 1.44. The third-order valence-electron chi connectivity index (χ3n) is 4.02. The molecule has 0 N–H and O–H groups in total. The number of thiazole rings is 1. The summed E-state index contributed by atoms with van der Waals surface area (Å²) in [4.78, 5) is 14.0. The van der Waals surface area contributed by atoms with Crippen LogP contribution in [0.1, 0.15) is 11.3 Å². The average molecular weight is 386 g/mol. The molecule has 0 aliphatic heterocycles. The second kappa shape index (κ2) is 6.79. The molecule has 0 amide bonds. The molecule has 2 heterocycles. The Morgan fingerprint density at radius 1 is 1.08 bits per heavy atom. The Morgan fingerprint density at radius 3 is 2.69 bits per heavy atom. The lowest BCUT2D eigenvalue weighted by molar-refractivity contribution is 0.181. The van der Waals surface area contributed by atoms with Crippen LogP contribution >= 0.6 is 22.9 Å². The molecule has 2 aromatic heterocycles. The third kappa shape index (κ3) is 3.00. The number of hydrogen-bond acceptors (Lipinski definition) is 6. The first kappa shape index (κ1) is 17.1. The van der Waals surface area contributed by atoms with Crippen LogP contribution in [-0.4, -0.2) is 29.2 Å². The number of methoxy groups -OCH3 is 2. The van der Waals surface area contributed by atoms with Crippen molar-refractivity contribution in [3.63, 3.8) is 0 Å². The normalized spacial score (nSPS) is 11.4. The molecule has 0 aliphatic carbocycles. The first-order chi connectivity index (χ1) is 12.6. The summed E-state index contributed by atoms with van der Waals surface area (Å²) in [6.07, 6.45) is 1.74. The van der Waals surface area contributed by atoms with Crippen molar-refractivity contribution in [3.8, 4) is 16.3 Å². The van der Waals surface area contributed by atoms with Gasteiger partial charge in [-0.3, -0.25) is 4.98 Å². The van der Waals surface area contributed by atoms with E-state index in [1.54, 1.807) is 37.8 Å². The van der Waals surface area contributed by atoms with Crippen molar-refractivity contribution in [2.75, 3.05) is 14.2 Å². The van der Waals surface area contributed by atoms with Crippen molar-refractivity contribution in [1.82, 2.24) is 15.0 Å². The number of ether oxygens (including phenoxy) is 2. The summed E-state index contributed by atoms with van der Waals surface area (Å²) < 4.78 is 11.4. The van der Waals surface area contributed by atoms with E-state index in [4.69, 9.17) is 26.1 Å². The second-order valence-electron chi connectivity index (χ2n) is 5.95. The van der Waals surface area contributed by atoms with Gasteiger partial charge in [0.15, 0.2) is 0 Å². The fourth-order valence-electron chi connectivity index (χ4n) is 2.88. The van der Waals surface area contributed by atoms with E-state index < -0.39 is 0 Å². The van der Waals surface area contributed by atoms with Gasteiger partial charge in [-0.05, 0) is 30.7 Å². The fraction of sp³-hybridized carbons (Fsp3) is 0.211. The highest BCUT2D eigenvalue weighted by molar-refractivity contribution is 7.21. The Hall–Kier alpha value is -2.28. The van der Waals surface area contributed by atoms with E-state index >= 15 is 0 Å². The number of benzene rings is 2. The Bertz CT molecular complexity index is 1130. The number of fused-ring (bicyclic) bond motifs is 2. The minimum Gasteiger partial charge on any atom is -0.497 e. The van der Waals surface area contributed by atoms with Crippen LogP contribution in [0.5, 0.6) is 5.75 Å². The van der Waals surface area contributed by atoms with Crippen LogP contribution in [-0.2, 0) is 11.3 Å². The summed E-state index contributed by atoms with van der Waals surface area (Å²) in [6.45, 7) is 2.47. The van der Waals surface area contributed by atoms with E-state index in [0.29, 0.717) is 11.6 Å². The van der Waals surface area contributed by atoms with Gasteiger partial charge in [-0.15, -0.1) is 11.3 Å². The summed E-state index contributed by atoms with van der Waals surface area (Å²) in [6, 6.07) is 7.82. The maximum atomic E-state index is 6.37. The SMILES string of the molecule is COCc1cnc2c(-c3nc4c(Cl)cc(OC)cc4s3)cc(C)cc2n1. The van der Waals surface area contributed by atoms with E-state index in [1.165, 1.54) is 0 Å². The Morgan fingerprint density at radius 2 is 1.92 bits per heavy atom. The smallest absolute Gasteiger partial charge is 0.126 e. The Labute approximate surface area is 159 Å². The van der Waals surface area contributed by atoms with Crippen molar-refractivity contribution < 1.29 is 9.47 Å². The van der Waals surface area contributed by atoms with Gasteiger partial charge in [0.25, 0.3) is 0 Å². The molecule has 0 spiro atoms. The number of aromatic nitrogens is 3. The Balaban J connectivity index is 1.93. The molecule has 0 atom stereocenters. The van der Waals surface area contributed by atoms with E-state index in [-0.39, 0.29) is 0 Å². The van der Waals surface area contributed by atoms with Crippen molar-refractivity contribution in [2.45, 2.75) is 13.5 Å². The van der Waals surface area contributed by atoms with Gasteiger partial charge < -0.3 is 9.47 Å². The monoisotopic (exact) mass is 385 g/mol. The molecule has 0 unspecified atom stereocenters. The maximum absolute atomic E-state index is 6.37. The van der Waals surface area contributed by atoms with Crippen LogP contribution in [0, 0.1) is 6.92 Å². The molecule has 0 saturated heterocycles. The molecular weight excluding hydrogens is 370 g/mol. The molecule has 4 aromatic rings. The van der Waals surface area contributed by atoms with Gasteiger partial charge in [0.05, 0.1) is 46.4 Å². The van der Waals surface area contributed by atoms with Crippen LogP contribution in [0.25, 0.3) is 31.8 Å². The van der Waals surface area contributed by atoms with Crippen LogP contribution in [0.2, 0.25) is 5.02 Å². The molecule has 0 fully saturated rings. The third-order valence-corrected chi connectivity index (χ3v) is 5.34. The molecule has 0 aliphatic rings. The zero-order valence-corrected chi connectivity index (χ0v) is 16.1. The molecule has 7 heteroatoms. The minimum absolute atomic E-state index is 0.433. The van der Waals surface area contributed by atoms with E-state index in [9.17, 15) is 0 Å². The van der Waals surface area contributed by atoms with Gasteiger partial charge >= 0.3 is 0 Å². The summed E-state index contributed by atoms with van der Waals surface area (Å²) in [7, 11) is 3.27. The van der Waals surface area contributed by atoms with Crippen molar-refractivity contribution in [2.24, 2.45) is 0 Å². The zero-order chi connectivity index (χ0) is 18.3. The lowest BCUT2D eigenvalue weighted by atomic mass is 10.1. The molecule has 132 valence electrons. The number of nitrogens with zero attached hydrogens (tertiary/aromatic N) is 3. The molecular formula is C19H16ClN3O2S. The highest BCUT2D eigenvalue weighted by atomic mass is 35.5. The van der Waals surface area contributed by atoms with Crippen molar-refractivity contribution in [1.29, 1.82) is 0 Å². The van der Waals surface area contributed by atoms with Crippen LogP contribution in [0.4, 0.5) is 0 Å². The fourth-order valence-corrected chi connectivity index (χ4v) is 4.23. The number of halogens is 1. The predicted molar refractivity (Wildman–Crippen MR) is 105 cm³/mol. The van der Waals surface area contributed by atoms with E-state index in [0.717, 1.165) is 48.8 Å².